The molecule has 0 radical (unpaired) electrons. The average Bonchev–Trinajstić information content (AvgIpc) is 2.61. The predicted octanol–water partition coefficient (Wildman–Crippen LogP) is 2.89. The maximum atomic E-state index is 12.6. The first-order chi connectivity index (χ1) is 11.8. The van der Waals surface area contributed by atoms with Crippen LogP contribution in [0.1, 0.15) is 19.4 Å². The number of methoxy groups -OCH3 is 1. The molecule has 4 N–H and O–H groups in total. The lowest BCUT2D eigenvalue weighted by Crippen LogP contribution is -2.45. The van der Waals surface area contributed by atoms with Crippen molar-refractivity contribution in [3.63, 3.8) is 0 Å². The van der Waals surface area contributed by atoms with Gasteiger partial charge in [-0.25, -0.2) is 0 Å². The van der Waals surface area contributed by atoms with Gasteiger partial charge in [0.05, 0.1) is 0 Å². The second-order valence-corrected chi connectivity index (χ2v) is 5.97. The van der Waals surface area contributed by atoms with Crippen LogP contribution in [0.4, 0.5) is 11.4 Å². The Morgan fingerprint density at radius 3 is 2.19 bits per heavy atom. The van der Waals surface area contributed by atoms with E-state index in [0.717, 1.165) is 0 Å². The highest BCUT2D eigenvalue weighted by atomic mass is 35.5. The largest absolute Gasteiger partial charge is 0.372 e. The van der Waals surface area contributed by atoms with Gasteiger partial charge in [0.1, 0.15) is 11.6 Å². The Morgan fingerprint density at radius 1 is 1.04 bits per heavy atom. The standard InChI is InChI=1S/C19H23N3O3.ClH/c1-13(25-3)17(23)21-15-10-7-11-16(12-15)22-18(24)19(2,20)14-8-5-4-6-9-14;/h4-13H,20H2,1-3H3,(H,21,23)(H,22,24);1H. The number of rotatable bonds is 6. The van der Waals surface area contributed by atoms with E-state index < -0.39 is 11.6 Å². The SMILES string of the molecule is COC(C)C(=O)Nc1cccc(NC(=O)C(C)(N)c2ccccc2)c1.Cl. The zero-order chi connectivity index (χ0) is 18.4. The molecule has 0 aliphatic heterocycles. The zero-order valence-electron chi connectivity index (χ0n) is 15.0. The fourth-order valence-electron chi connectivity index (χ4n) is 2.20. The molecule has 2 aromatic carbocycles. The number of nitrogens with two attached hydrogens (primary N) is 1. The van der Waals surface area contributed by atoms with Gasteiger partial charge >= 0.3 is 0 Å². The van der Waals surface area contributed by atoms with Crippen molar-refractivity contribution in [1.82, 2.24) is 0 Å². The monoisotopic (exact) mass is 377 g/mol. The summed E-state index contributed by atoms with van der Waals surface area (Å²) < 4.78 is 4.97. The van der Waals surface area contributed by atoms with E-state index in [9.17, 15) is 9.59 Å². The highest BCUT2D eigenvalue weighted by molar-refractivity contribution is 5.99. The fourth-order valence-corrected chi connectivity index (χ4v) is 2.20. The third-order valence-corrected chi connectivity index (χ3v) is 3.96. The molecule has 2 aromatic rings. The molecule has 0 fully saturated rings. The topological polar surface area (TPSA) is 93.5 Å². The molecule has 0 spiro atoms. The molecular formula is C19H24ClN3O3. The summed E-state index contributed by atoms with van der Waals surface area (Å²) in [6.07, 6.45) is -0.566. The van der Waals surface area contributed by atoms with Crippen molar-refractivity contribution in [2.45, 2.75) is 25.5 Å². The molecule has 0 heterocycles. The maximum Gasteiger partial charge on any atom is 0.253 e. The minimum atomic E-state index is -1.18. The summed E-state index contributed by atoms with van der Waals surface area (Å²) >= 11 is 0. The van der Waals surface area contributed by atoms with Gasteiger partial charge in [0.25, 0.3) is 5.91 Å². The minimum Gasteiger partial charge on any atom is -0.372 e. The van der Waals surface area contributed by atoms with E-state index in [-0.39, 0.29) is 24.2 Å². The Labute approximate surface area is 159 Å². The molecular weight excluding hydrogens is 354 g/mol. The molecule has 0 bridgehead atoms. The van der Waals surface area contributed by atoms with Crippen molar-refractivity contribution in [3.05, 3.63) is 60.2 Å². The summed E-state index contributed by atoms with van der Waals surface area (Å²) in [4.78, 5) is 24.5. The Hall–Kier alpha value is -2.41. The first kappa shape index (κ1) is 21.6. The number of ether oxygens (including phenoxy) is 1. The number of carbonyl (C=O) groups excluding carboxylic acids is 2. The lowest BCUT2D eigenvalue weighted by Gasteiger charge is -2.24. The van der Waals surface area contributed by atoms with Crippen molar-refractivity contribution >= 4 is 35.6 Å². The van der Waals surface area contributed by atoms with Crippen LogP contribution in [0.3, 0.4) is 0 Å². The third kappa shape index (κ3) is 5.29. The number of hydrogen-bond donors (Lipinski definition) is 3. The van der Waals surface area contributed by atoms with E-state index in [1.54, 1.807) is 38.1 Å². The summed E-state index contributed by atoms with van der Waals surface area (Å²) in [7, 11) is 1.46. The van der Waals surface area contributed by atoms with Crippen LogP contribution in [0.25, 0.3) is 0 Å². The quantitative estimate of drug-likeness (QED) is 0.721. The Bertz CT molecular complexity index is 751. The van der Waals surface area contributed by atoms with Crippen molar-refractivity contribution < 1.29 is 14.3 Å². The van der Waals surface area contributed by atoms with Gasteiger partial charge in [0.2, 0.25) is 5.91 Å². The minimum absolute atomic E-state index is 0. The predicted molar refractivity (Wildman–Crippen MR) is 105 cm³/mol. The normalized spacial score (nSPS) is 13.7. The molecule has 6 nitrogen and oxygen atoms in total. The van der Waals surface area contributed by atoms with Gasteiger partial charge in [-0.1, -0.05) is 36.4 Å². The summed E-state index contributed by atoms with van der Waals surface area (Å²) in [6.45, 7) is 3.31. The van der Waals surface area contributed by atoms with Gasteiger partial charge in [0.15, 0.2) is 0 Å². The zero-order valence-corrected chi connectivity index (χ0v) is 15.8. The van der Waals surface area contributed by atoms with Crippen molar-refractivity contribution in [3.8, 4) is 0 Å². The molecule has 26 heavy (non-hydrogen) atoms. The van der Waals surface area contributed by atoms with Crippen molar-refractivity contribution in [2.75, 3.05) is 17.7 Å². The molecule has 2 atom stereocenters. The first-order valence-corrected chi connectivity index (χ1v) is 7.94. The van der Waals surface area contributed by atoms with E-state index in [4.69, 9.17) is 10.5 Å². The lowest BCUT2D eigenvalue weighted by molar-refractivity contribution is -0.124. The van der Waals surface area contributed by atoms with E-state index in [1.807, 2.05) is 30.3 Å². The molecule has 7 heteroatoms. The van der Waals surface area contributed by atoms with Crippen LogP contribution >= 0.6 is 12.4 Å². The number of hydrogen-bond acceptors (Lipinski definition) is 4. The first-order valence-electron chi connectivity index (χ1n) is 7.94. The highest BCUT2D eigenvalue weighted by Crippen LogP contribution is 2.21. The van der Waals surface area contributed by atoms with E-state index in [0.29, 0.717) is 16.9 Å². The van der Waals surface area contributed by atoms with Crippen LogP contribution in [-0.2, 0) is 19.9 Å². The molecule has 140 valence electrons. The smallest absolute Gasteiger partial charge is 0.253 e. The fraction of sp³-hybridized carbons (Fsp3) is 0.263. The Kier molecular flexibility index (Phi) is 7.76. The number of halogens is 1. The molecule has 0 aliphatic rings. The van der Waals surface area contributed by atoms with Crippen LogP contribution in [0.2, 0.25) is 0 Å². The lowest BCUT2D eigenvalue weighted by atomic mass is 9.92. The van der Waals surface area contributed by atoms with Gasteiger partial charge in [-0.3, -0.25) is 9.59 Å². The molecule has 0 saturated heterocycles. The number of anilines is 2. The van der Waals surface area contributed by atoms with Crippen LogP contribution in [0, 0.1) is 0 Å². The van der Waals surface area contributed by atoms with E-state index >= 15 is 0 Å². The molecule has 0 aliphatic carbocycles. The summed E-state index contributed by atoms with van der Waals surface area (Å²) in [6, 6.07) is 16.0. The van der Waals surface area contributed by atoms with Gasteiger partial charge in [-0.05, 0) is 37.6 Å². The van der Waals surface area contributed by atoms with Gasteiger partial charge < -0.3 is 21.1 Å². The highest BCUT2D eigenvalue weighted by Gasteiger charge is 2.30. The van der Waals surface area contributed by atoms with Gasteiger partial charge in [0, 0.05) is 18.5 Å². The van der Waals surface area contributed by atoms with E-state index in [1.165, 1.54) is 7.11 Å². The number of nitrogens with one attached hydrogen (secondary N) is 2. The number of carbonyl (C=O) groups is 2. The van der Waals surface area contributed by atoms with Crippen LogP contribution in [0.5, 0.6) is 0 Å². The van der Waals surface area contributed by atoms with E-state index in [2.05, 4.69) is 10.6 Å². The third-order valence-electron chi connectivity index (χ3n) is 3.96. The molecule has 0 aromatic heterocycles. The van der Waals surface area contributed by atoms with Crippen molar-refractivity contribution in [2.24, 2.45) is 5.73 Å². The summed E-state index contributed by atoms with van der Waals surface area (Å²) in [5, 5.41) is 5.52. The Balaban J connectivity index is 0.00000338. The molecule has 2 amide bonds. The summed E-state index contributed by atoms with van der Waals surface area (Å²) in [5.74, 6) is -0.605. The second-order valence-electron chi connectivity index (χ2n) is 5.97. The van der Waals surface area contributed by atoms with Crippen LogP contribution in [-0.4, -0.2) is 25.0 Å². The number of benzene rings is 2. The molecule has 0 saturated carbocycles. The molecule has 2 rings (SSSR count). The van der Waals surface area contributed by atoms with Gasteiger partial charge in [-0.15, -0.1) is 12.4 Å². The van der Waals surface area contributed by atoms with Crippen molar-refractivity contribution in [1.29, 1.82) is 0 Å². The van der Waals surface area contributed by atoms with Crippen LogP contribution in [0.15, 0.2) is 54.6 Å². The maximum absolute atomic E-state index is 12.6. The number of amides is 2. The second kappa shape index (κ2) is 9.33. The Morgan fingerprint density at radius 2 is 1.62 bits per heavy atom. The van der Waals surface area contributed by atoms with Crippen LogP contribution < -0.4 is 16.4 Å². The average molecular weight is 378 g/mol. The molecule has 2 unspecified atom stereocenters. The van der Waals surface area contributed by atoms with Gasteiger partial charge in [-0.2, -0.15) is 0 Å². The summed E-state index contributed by atoms with van der Waals surface area (Å²) in [5.41, 5.74) is 6.85.